The molecule has 0 saturated carbocycles. The van der Waals surface area contributed by atoms with Gasteiger partial charge in [0.05, 0.1) is 5.60 Å². The third-order valence-electron chi connectivity index (χ3n) is 3.34. The van der Waals surface area contributed by atoms with Crippen LogP contribution in [0.25, 0.3) is 0 Å². The lowest BCUT2D eigenvalue weighted by Gasteiger charge is -2.35. The van der Waals surface area contributed by atoms with Gasteiger partial charge in [0, 0.05) is 18.1 Å². The summed E-state index contributed by atoms with van der Waals surface area (Å²) in [5, 5.41) is 12.7. The first-order valence-electron chi connectivity index (χ1n) is 5.47. The first-order chi connectivity index (χ1) is 7.12. The van der Waals surface area contributed by atoms with Crippen molar-refractivity contribution >= 4 is 11.3 Å². The van der Waals surface area contributed by atoms with E-state index in [2.05, 4.69) is 18.4 Å². The molecule has 1 aromatic heterocycles. The van der Waals surface area contributed by atoms with Crippen LogP contribution >= 0.6 is 11.3 Å². The van der Waals surface area contributed by atoms with E-state index in [1.54, 1.807) is 11.3 Å². The normalized spacial score (nSPS) is 22.6. The minimum atomic E-state index is -0.679. The van der Waals surface area contributed by atoms with E-state index in [1.165, 1.54) is 5.56 Å². The zero-order valence-corrected chi connectivity index (χ0v) is 10.1. The van der Waals surface area contributed by atoms with Crippen LogP contribution in [0, 0.1) is 12.8 Å². The molecule has 0 radical (unpaired) electrons. The Labute approximate surface area is 94.9 Å². The quantitative estimate of drug-likeness (QED) is 0.840. The largest absolute Gasteiger partial charge is 0.384 e. The van der Waals surface area contributed by atoms with Gasteiger partial charge in [-0.25, -0.2) is 0 Å². The summed E-state index contributed by atoms with van der Waals surface area (Å²) < 4.78 is 5.33. The smallest absolute Gasteiger partial charge is 0.0992 e. The molecular weight excluding hydrogens is 208 g/mol. The Hall–Kier alpha value is -0.380. The first-order valence-corrected chi connectivity index (χ1v) is 6.35. The van der Waals surface area contributed by atoms with Crippen LogP contribution in [0.1, 0.15) is 30.2 Å². The SMILES string of the molecule is Cc1ccsc1C(C)(O)C1CCOCC1. The van der Waals surface area contributed by atoms with Crippen LogP contribution in [0.5, 0.6) is 0 Å². The summed E-state index contributed by atoms with van der Waals surface area (Å²) in [5.74, 6) is 0.337. The zero-order chi connectivity index (χ0) is 10.9. The van der Waals surface area contributed by atoms with Crippen molar-refractivity contribution in [2.24, 2.45) is 5.92 Å². The average molecular weight is 226 g/mol. The van der Waals surface area contributed by atoms with Crippen molar-refractivity contribution in [3.8, 4) is 0 Å². The molecule has 1 aliphatic rings. The molecule has 2 nitrogen and oxygen atoms in total. The summed E-state index contributed by atoms with van der Waals surface area (Å²) in [6, 6.07) is 2.08. The molecule has 1 aromatic rings. The molecule has 0 aromatic carbocycles. The molecule has 2 rings (SSSR count). The van der Waals surface area contributed by atoms with Gasteiger partial charge in [0.15, 0.2) is 0 Å². The second kappa shape index (κ2) is 4.24. The standard InChI is InChI=1S/C12H18O2S/c1-9-5-8-15-11(9)12(2,13)10-3-6-14-7-4-10/h5,8,10,13H,3-4,6-7H2,1-2H3. The van der Waals surface area contributed by atoms with E-state index in [9.17, 15) is 5.11 Å². The fraction of sp³-hybridized carbons (Fsp3) is 0.667. The van der Waals surface area contributed by atoms with Gasteiger partial charge < -0.3 is 9.84 Å². The van der Waals surface area contributed by atoms with E-state index in [0.717, 1.165) is 30.9 Å². The van der Waals surface area contributed by atoms with Crippen LogP contribution in [0.3, 0.4) is 0 Å². The van der Waals surface area contributed by atoms with Crippen molar-refractivity contribution < 1.29 is 9.84 Å². The molecule has 0 amide bonds. The van der Waals surface area contributed by atoms with Gasteiger partial charge in [0.25, 0.3) is 0 Å². The van der Waals surface area contributed by atoms with Crippen LogP contribution in [-0.4, -0.2) is 18.3 Å². The molecule has 1 saturated heterocycles. The van der Waals surface area contributed by atoms with Gasteiger partial charge in [-0.15, -0.1) is 11.3 Å². The fourth-order valence-corrected chi connectivity index (χ4v) is 3.40. The zero-order valence-electron chi connectivity index (χ0n) is 9.32. The molecule has 1 N–H and O–H groups in total. The predicted molar refractivity (Wildman–Crippen MR) is 62.2 cm³/mol. The van der Waals surface area contributed by atoms with Crippen molar-refractivity contribution in [2.45, 2.75) is 32.3 Å². The van der Waals surface area contributed by atoms with Crippen LogP contribution in [0.15, 0.2) is 11.4 Å². The first kappa shape index (κ1) is 11.1. The van der Waals surface area contributed by atoms with E-state index in [0.29, 0.717) is 5.92 Å². The molecule has 2 heterocycles. The molecule has 15 heavy (non-hydrogen) atoms. The van der Waals surface area contributed by atoms with Gasteiger partial charge in [-0.05, 0) is 49.6 Å². The van der Waals surface area contributed by atoms with Crippen molar-refractivity contribution in [1.82, 2.24) is 0 Å². The summed E-state index contributed by atoms with van der Waals surface area (Å²) >= 11 is 1.66. The summed E-state index contributed by atoms with van der Waals surface area (Å²) in [7, 11) is 0. The lowest BCUT2D eigenvalue weighted by Crippen LogP contribution is -2.35. The topological polar surface area (TPSA) is 29.5 Å². The van der Waals surface area contributed by atoms with Gasteiger partial charge in [-0.3, -0.25) is 0 Å². The minimum absolute atomic E-state index is 0.337. The summed E-state index contributed by atoms with van der Waals surface area (Å²) in [5.41, 5.74) is 0.527. The van der Waals surface area contributed by atoms with Gasteiger partial charge in [-0.2, -0.15) is 0 Å². The molecule has 1 aliphatic heterocycles. The third-order valence-corrected chi connectivity index (χ3v) is 4.58. The van der Waals surface area contributed by atoms with Crippen LogP contribution in [-0.2, 0) is 10.3 Å². The number of hydrogen-bond donors (Lipinski definition) is 1. The minimum Gasteiger partial charge on any atom is -0.384 e. The van der Waals surface area contributed by atoms with E-state index >= 15 is 0 Å². The number of rotatable bonds is 2. The van der Waals surface area contributed by atoms with Crippen molar-refractivity contribution in [3.05, 3.63) is 21.9 Å². The monoisotopic (exact) mass is 226 g/mol. The molecule has 0 bridgehead atoms. The number of ether oxygens (including phenoxy) is 1. The summed E-state index contributed by atoms with van der Waals surface area (Å²) in [4.78, 5) is 1.12. The van der Waals surface area contributed by atoms with Gasteiger partial charge in [0.1, 0.15) is 0 Å². The van der Waals surface area contributed by atoms with Gasteiger partial charge in [-0.1, -0.05) is 0 Å². The Morgan fingerprint density at radius 3 is 2.67 bits per heavy atom. The van der Waals surface area contributed by atoms with Gasteiger partial charge >= 0.3 is 0 Å². The average Bonchev–Trinajstić information content (AvgIpc) is 2.66. The second-order valence-electron chi connectivity index (χ2n) is 4.47. The lowest BCUT2D eigenvalue weighted by atomic mass is 9.81. The maximum absolute atomic E-state index is 10.6. The highest BCUT2D eigenvalue weighted by molar-refractivity contribution is 7.10. The molecule has 1 atom stereocenters. The Morgan fingerprint density at radius 1 is 1.47 bits per heavy atom. The van der Waals surface area contributed by atoms with Crippen molar-refractivity contribution in [3.63, 3.8) is 0 Å². The van der Waals surface area contributed by atoms with Crippen LogP contribution in [0.2, 0.25) is 0 Å². The summed E-state index contributed by atoms with van der Waals surface area (Å²) in [6.45, 7) is 5.58. The van der Waals surface area contributed by atoms with Crippen molar-refractivity contribution in [1.29, 1.82) is 0 Å². The van der Waals surface area contributed by atoms with E-state index in [4.69, 9.17) is 4.74 Å². The van der Waals surface area contributed by atoms with E-state index in [1.807, 2.05) is 6.92 Å². The highest BCUT2D eigenvalue weighted by Crippen LogP contribution is 2.39. The summed E-state index contributed by atoms with van der Waals surface area (Å²) in [6.07, 6.45) is 1.93. The van der Waals surface area contributed by atoms with Crippen LogP contribution in [0.4, 0.5) is 0 Å². The molecule has 3 heteroatoms. The number of thiophene rings is 1. The Kier molecular flexibility index (Phi) is 3.14. The predicted octanol–water partition coefficient (Wildman–Crippen LogP) is 2.69. The molecule has 1 unspecified atom stereocenters. The van der Waals surface area contributed by atoms with Crippen LogP contribution < -0.4 is 0 Å². The lowest BCUT2D eigenvalue weighted by molar-refractivity contribution is -0.0560. The molecule has 84 valence electrons. The number of hydrogen-bond acceptors (Lipinski definition) is 3. The fourth-order valence-electron chi connectivity index (χ4n) is 2.34. The van der Waals surface area contributed by atoms with Gasteiger partial charge in [0.2, 0.25) is 0 Å². The molecule has 0 aliphatic carbocycles. The second-order valence-corrected chi connectivity index (χ2v) is 5.38. The molecular formula is C12H18O2S. The van der Waals surface area contributed by atoms with E-state index < -0.39 is 5.60 Å². The van der Waals surface area contributed by atoms with Crippen molar-refractivity contribution in [2.75, 3.05) is 13.2 Å². The maximum atomic E-state index is 10.6. The maximum Gasteiger partial charge on any atom is 0.0992 e. The number of aliphatic hydroxyl groups is 1. The highest BCUT2D eigenvalue weighted by atomic mass is 32.1. The number of aryl methyl sites for hydroxylation is 1. The Balaban J connectivity index is 2.21. The van der Waals surface area contributed by atoms with E-state index in [-0.39, 0.29) is 0 Å². The molecule has 0 spiro atoms. The highest BCUT2D eigenvalue weighted by Gasteiger charge is 2.36. The Bertz CT molecular complexity index is 324. The molecule has 1 fully saturated rings. The third kappa shape index (κ3) is 2.10. The Morgan fingerprint density at radius 2 is 2.13 bits per heavy atom.